The Labute approximate surface area is 127 Å². The standard InChI is InChI=1S/C17H24N2S/c1-12-5-8-15(11-13(12)2)18-16(20)19-17(14-6-7-14)9-3-4-10-17/h5,8,11,14H,3-4,6-7,9-10H2,1-2H3,(H2,18,19,20). The number of anilines is 1. The fourth-order valence-corrected chi connectivity index (χ4v) is 3.81. The molecule has 0 unspecified atom stereocenters. The number of nitrogens with one attached hydrogen (secondary N) is 2. The largest absolute Gasteiger partial charge is 0.357 e. The van der Waals surface area contributed by atoms with Gasteiger partial charge in [-0.15, -0.1) is 0 Å². The summed E-state index contributed by atoms with van der Waals surface area (Å²) < 4.78 is 0. The lowest BCUT2D eigenvalue weighted by atomic mass is 9.91. The summed E-state index contributed by atoms with van der Waals surface area (Å²) in [6.45, 7) is 4.27. The molecule has 3 rings (SSSR count). The average Bonchev–Trinajstić information content (AvgIpc) is 3.16. The second-order valence-corrected chi connectivity index (χ2v) is 6.92. The lowest BCUT2D eigenvalue weighted by Crippen LogP contribution is -2.49. The van der Waals surface area contributed by atoms with E-state index in [4.69, 9.17) is 12.2 Å². The van der Waals surface area contributed by atoms with Crippen LogP contribution in [0.25, 0.3) is 0 Å². The Hall–Kier alpha value is -1.09. The highest BCUT2D eigenvalue weighted by molar-refractivity contribution is 7.80. The van der Waals surface area contributed by atoms with E-state index < -0.39 is 0 Å². The summed E-state index contributed by atoms with van der Waals surface area (Å²) in [6, 6.07) is 6.42. The molecule has 0 heterocycles. The molecule has 2 saturated carbocycles. The monoisotopic (exact) mass is 288 g/mol. The maximum Gasteiger partial charge on any atom is 0.171 e. The minimum absolute atomic E-state index is 0.295. The summed E-state index contributed by atoms with van der Waals surface area (Å²) in [6.07, 6.45) is 8.00. The van der Waals surface area contributed by atoms with Crippen molar-refractivity contribution in [3.63, 3.8) is 0 Å². The van der Waals surface area contributed by atoms with E-state index >= 15 is 0 Å². The average molecular weight is 288 g/mol. The van der Waals surface area contributed by atoms with Crippen molar-refractivity contribution in [2.75, 3.05) is 5.32 Å². The Balaban J connectivity index is 1.65. The SMILES string of the molecule is Cc1ccc(NC(=S)NC2(C3CC3)CCCC2)cc1C. The third-order valence-electron chi connectivity index (χ3n) is 4.98. The van der Waals surface area contributed by atoms with Gasteiger partial charge in [0.25, 0.3) is 0 Å². The van der Waals surface area contributed by atoms with Gasteiger partial charge in [-0.1, -0.05) is 18.9 Å². The fourth-order valence-electron chi connectivity index (χ4n) is 3.48. The first kappa shape index (κ1) is 13.9. The van der Waals surface area contributed by atoms with E-state index in [1.807, 2.05) is 0 Å². The molecule has 20 heavy (non-hydrogen) atoms. The first-order valence-corrected chi connectivity index (χ1v) is 8.16. The fraction of sp³-hybridized carbons (Fsp3) is 0.588. The third kappa shape index (κ3) is 2.83. The molecule has 2 fully saturated rings. The molecule has 2 aliphatic rings. The van der Waals surface area contributed by atoms with E-state index in [-0.39, 0.29) is 0 Å². The normalized spacial score (nSPS) is 20.7. The molecule has 0 spiro atoms. The van der Waals surface area contributed by atoms with Crippen LogP contribution in [-0.2, 0) is 0 Å². The maximum atomic E-state index is 5.55. The van der Waals surface area contributed by atoms with Gasteiger partial charge >= 0.3 is 0 Å². The molecular formula is C17H24N2S. The highest BCUT2D eigenvalue weighted by Gasteiger charge is 2.47. The van der Waals surface area contributed by atoms with Crippen molar-refractivity contribution in [3.8, 4) is 0 Å². The van der Waals surface area contributed by atoms with Crippen molar-refractivity contribution in [2.45, 2.75) is 57.9 Å². The van der Waals surface area contributed by atoms with Gasteiger partial charge in [-0.05, 0) is 80.9 Å². The first-order valence-electron chi connectivity index (χ1n) is 7.75. The second kappa shape index (κ2) is 5.36. The molecule has 0 saturated heterocycles. The summed E-state index contributed by atoms with van der Waals surface area (Å²) in [5, 5.41) is 7.82. The van der Waals surface area contributed by atoms with E-state index in [2.05, 4.69) is 42.7 Å². The molecular weight excluding hydrogens is 264 g/mol. The van der Waals surface area contributed by atoms with Crippen LogP contribution < -0.4 is 10.6 Å². The number of aryl methyl sites for hydroxylation is 2. The van der Waals surface area contributed by atoms with Gasteiger partial charge in [-0.2, -0.15) is 0 Å². The van der Waals surface area contributed by atoms with Crippen LogP contribution >= 0.6 is 12.2 Å². The van der Waals surface area contributed by atoms with Crippen molar-refractivity contribution < 1.29 is 0 Å². The van der Waals surface area contributed by atoms with E-state index in [9.17, 15) is 0 Å². The smallest absolute Gasteiger partial charge is 0.171 e. The van der Waals surface area contributed by atoms with Crippen molar-refractivity contribution in [2.24, 2.45) is 5.92 Å². The quantitative estimate of drug-likeness (QED) is 0.810. The van der Waals surface area contributed by atoms with Crippen molar-refractivity contribution in [1.82, 2.24) is 5.32 Å². The number of benzene rings is 1. The van der Waals surface area contributed by atoms with E-state index in [1.165, 1.54) is 49.7 Å². The maximum absolute atomic E-state index is 5.55. The van der Waals surface area contributed by atoms with Crippen LogP contribution in [0.4, 0.5) is 5.69 Å². The lowest BCUT2D eigenvalue weighted by molar-refractivity contribution is 0.340. The molecule has 0 atom stereocenters. The van der Waals surface area contributed by atoms with Gasteiger partial charge in [0.2, 0.25) is 0 Å². The van der Waals surface area contributed by atoms with Crippen LogP contribution in [0.3, 0.4) is 0 Å². The minimum atomic E-state index is 0.295. The summed E-state index contributed by atoms with van der Waals surface area (Å²) >= 11 is 5.55. The summed E-state index contributed by atoms with van der Waals surface area (Å²) in [7, 11) is 0. The van der Waals surface area contributed by atoms with Crippen LogP contribution in [0.15, 0.2) is 18.2 Å². The molecule has 1 aromatic rings. The van der Waals surface area contributed by atoms with Crippen LogP contribution in [-0.4, -0.2) is 10.7 Å². The van der Waals surface area contributed by atoms with E-state index in [1.54, 1.807) is 0 Å². The predicted molar refractivity (Wildman–Crippen MR) is 89.2 cm³/mol. The van der Waals surface area contributed by atoms with Crippen LogP contribution in [0.1, 0.15) is 49.7 Å². The zero-order valence-corrected chi connectivity index (χ0v) is 13.3. The Morgan fingerprint density at radius 2 is 1.85 bits per heavy atom. The van der Waals surface area contributed by atoms with Gasteiger partial charge in [0, 0.05) is 11.2 Å². The number of thiocarbonyl (C=S) groups is 1. The molecule has 108 valence electrons. The van der Waals surface area contributed by atoms with Crippen molar-refractivity contribution in [3.05, 3.63) is 29.3 Å². The molecule has 0 bridgehead atoms. The van der Waals surface area contributed by atoms with Gasteiger partial charge in [0.15, 0.2) is 5.11 Å². The molecule has 2 nitrogen and oxygen atoms in total. The zero-order valence-electron chi connectivity index (χ0n) is 12.5. The lowest BCUT2D eigenvalue weighted by Gasteiger charge is -2.32. The summed E-state index contributed by atoms with van der Waals surface area (Å²) in [5.41, 5.74) is 4.01. The van der Waals surface area contributed by atoms with E-state index in [0.29, 0.717) is 5.54 Å². The molecule has 0 aromatic heterocycles. The van der Waals surface area contributed by atoms with Crippen LogP contribution in [0, 0.1) is 19.8 Å². The minimum Gasteiger partial charge on any atom is -0.357 e. The van der Waals surface area contributed by atoms with Gasteiger partial charge in [0.05, 0.1) is 0 Å². The predicted octanol–water partition coefficient (Wildman–Crippen LogP) is 4.31. The summed E-state index contributed by atoms with van der Waals surface area (Å²) in [4.78, 5) is 0. The first-order chi connectivity index (χ1) is 9.59. The van der Waals surface area contributed by atoms with Gasteiger partial charge in [-0.25, -0.2) is 0 Å². The summed E-state index contributed by atoms with van der Waals surface area (Å²) in [5.74, 6) is 0.851. The molecule has 0 aliphatic heterocycles. The third-order valence-corrected chi connectivity index (χ3v) is 5.19. The molecule has 2 N–H and O–H groups in total. The van der Waals surface area contributed by atoms with Crippen LogP contribution in [0.2, 0.25) is 0 Å². The molecule has 3 heteroatoms. The van der Waals surface area contributed by atoms with Gasteiger partial charge in [-0.3, -0.25) is 0 Å². The highest BCUT2D eigenvalue weighted by atomic mass is 32.1. The van der Waals surface area contributed by atoms with Crippen molar-refractivity contribution >= 4 is 23.0 Å². The molecule has 2 aliphatic carbocycles. The second-order valence-electron chi connectivity index (χ2n) is 6.52. The Kier molecular flexibility index (Phi) is 3.72. The Morgan fingerprint density at radius 3 is 2.45 bits per heavy atom. The Morgan fingerprint density at radius 1 is 1.15 bits per heavy atom. The number of hydrogen-bond donors (Lipinski definition) is 2. The van der Waals surface area contributed by atoms with Gasteiger partial charge < -0.3 is 10.6 Å². The Bertz CT molecular complexity index is 514. The number of rotatable bonds is 3. The molecule has 1 aromatic carbocycles. The highest BCUT2D eigenvalue weighted by Crippen LogP contribution is 2.48. The molecule has 0 radical (unpaired) electrons. The van der Waals surface area contributed by atoms with Gasteiger partial charge in [0.1, 0.15) is 0 Å². The zero-order chi connectivity index (χ0) is 14.2. The number of hydrogen-bond acceptors (Lipinski definition) is 1. The van der Waals surface area contributed by atoms with E-state index in [0.717, 1.165) is 16.7 Å². The van der Waals surface area contributed by atoms with Crippen LogP contribution in [0.5, 0.6) is 0 Å². The molecule has 0 amide bonds. The topological polar surface area (TPSA) is 24.1 Å². The van der Waals surface area contributed by atoms with Crippen molar-refractivity contribution in [1.29, 1.82) is 0 Å².